The van der Waals surface area contributed by atoms with Crippen LogP contribution in [0.1, 0.15) is 42.5 Å². The number of hydrogen-bond donors (Lipinski definition) is 1. The number of hydrogen-bond acceptors (Lipinski definition) is 5. The van der Waals surface area contributed by atoms with E-state index in [1.54, 1.807) is 14.2 Å². The first kappa shape index (κ1) is 21.4. The van der Waals surface area contributed by atoms with Crippen LogP contribution in [0.5, 0.6) is 17.2 Å². The van der Waals surface area contributed by atoms with Gasteiger partial charge in [0.1, 0.15) is 5.75 Å². The molecular formula is C26H28N2O5. The maximum Gasteiger partial charge on any atom is 0.254 e. The molecule has 0 bridgehead atoms. The molecule has 7 nitrogen and oxygen atoms in total. The number of nitrogens with zero attached hydrogens (tertiary/aromatic N) is 1. The van der Waals surface area contributed by atoms with Crippen molar-refractivity contribution in [2.45, 2.75) is 32.2 Å². The normalized spacial score (nSPS) is 17.5. The minimum absolute atomic E-state index is 0.0540. The van der Waals surface area contributed by atoms with E-state index in [2.05, 4.69) is 4.98 Å². The summed E-state index contributed by atoms with van der Waals surface area (Å²) in [7, 11) is 3.20. The van der Waals surface area contributed by atoms with Crippen LogP contribution in [0.15, 0.2) is 41.2 Å². The lowest BCUT2D eigenvalue weighted by molar-refractivity contribution is -0.134. The van der Waals surface area contributed by atoms with Crippen molar-refractivity contribution >= 4 is 16.8 Å². The molecule has 1 amide bonds. The lowest BCUT2D eigenvalue weighted by Crippen LogP contribution is -2.43. The molecule has 1 fully saturated rings. The molecule has 7 heteroatoms. The number of amides is 1. The van der Waals surface area contributed by atoms with Crippen LogP contribution in [0.4, 0.5) is 0 Å². The summed E-state index contributed by atoms with van der Waals surface area (Å²) in [6, 6.07) is 10.9. The summed E-state index contributed by atoms with van der Waals surface area (Å²) in [6.07, 6.45) is 2.52. The van der Waals surface area contributed by atoms with E-state index >= 15 is 0 Å². The Balaban J connectivity index is 1.70. The summed E-state index contributed by atoms with van der Waals surface area (Å²) < 4.78 is 16.7. The molecule has 5 rings (SSSR count). The highest BCUT2D eigenvalue weighted by molar-refractivity contribution is 5.84. The number of aromatic amines is 1. The monoisotopic (exact) mass is 448 g/mol. The molecular weight excluding hydrogens is 420 g/mol. The van der Waals surface area contributed by atoms with Crippen LogP contribution < -0.4 is 19.8 Å². The maximum atomic E-state index is 13.3. The van der Waals surface area contributed by atoms with E-state index in [9.17, 15) is 9.59 Å². The van der Waals surface area contributed by atoms with E-state index in [-0.39, 0.29) is 17.4 Å². The predicted molar refractivity (Wildman–Crippen MR) is 125 cm³/mol. The topological polar surface area (TPSA) is 80.9 Å². The Morgan fingerprint density at radius 2 is 1.82 bits per heavy atom. The van der Waals surface area contributed by atoms with E-state index in [0.29, 0.717) is 36.6 Å². The van der Waals surface area contributed by atoms with Crippen LogP contribution in [0.25, 0.3) is 10.9 Å². The highest BCUT2D eigenvalue weighted by Crippen LogP contribution is 2.43. The summed E-state index contributed by atoms with van der Waals surface area (Å²) >= 11 is 0. The molecule has 1 N–H and O–H groups in total. The lowest BCUT2D eigenvalue weighted by atomic mass is 9.87. The zero-order chi connectivity index (χ0) is 23.1. The molecule has 0 radical (unpaired) electrons. The first-order chi connectivity index (χ1) is 16.0. The van der Waals surface area contributed by atoms with E-state index in [1.807, 2.05) is 48.2 Å². The number of benzene rings is 2. The van der Waals surface area contributed by atoms with Crippen molar-refractivity contribution < 1.29 is 19.0 Å². The molecule has 172 valence electrons. The van der Waals surface area contributed by atoms with Gasteiger partial charge in [-0.2, -0.15) is 0 Å². The number of fused-ring (bicyclic) bond motifs is 2. The summed E-state index contributed by atoms with van der Waals surface area (Å²) in [5, 5.41) is 0.863. The molecule has 0 saturated heterocycles. The molecule has 1 aliphatic carbocycles. The number of carbonyl (C=O) groups excluding carboxylic acids is 1. The Morgan fingerprint density at radius 1 is 1.06 bits per heavy atom. The number of pyridine rings is 1. The van der Waals surface area contributed by atoms with Gasteiger partial charge in [-0.3, -0.25) is 9.59 Å². The van der Waals surface area contributed by atoms with Gasteiger partial charge in [0.15, 0.2) is 11.5 Å². The van der Waals surface area contributed by atoms with Gasteiger partial charge in [-0.15, -0.1) is 0 Å². The van der Waals surface area contributed by atoms with E-state index < -0.39 is 6.04 Å². The van der Waals surface area contributed by atoms with Crippen LogP contribution in [-0.4, -0.2) is 43.2 Å². The van der Waals surface area contributed by atoms with Crippen molar-refractivity contribution in [2.75, 3.05) is 27.4 Å². The molecule has 33 heavy (non-hydrogen) atoms. The van der Waals surface area contributed by atoms with E-state index in [4.69, 9.17) is 14.2 Å². The largest absolute Gasteiger partial charge is 0.494 e. The number of nitrogens with one attached hydrogen (secondary N) is 1. The van der Waals surface area contributed by atoms with Gasteiger partial charge in [-0.1, -0.05) is 0 Å². The third kappa shape index (κ3) is 3.81. The Hall–Kier alpha value is -3.48. The van der Waals surface area contributed by atoms with E-state index in [1.165, 1.54) is 0 Å². The summed E-state index contributed by atoms with van der Waals surface area (Å²) in [6.45, 7) is 3.05. The van der Waals surface area contributed by atoms with Crippen LogP contribution in [0.2, 0.25) is 0 Å². The average Bonchev–Trinajstić information content (AvgIpc) is 3.67. The predicted octanol–water partition coefficient (Wildman–Crippen LogP) is 3.83. The zero-order valence-corrected chi connectivity index (χ0v) is 19.1. The van der Waals surface area contributed by atoms with Gasteiger partial charge < -0.3 is 24.1 Å². The lowest BCUT2D eigenvalue weighted by Gasteiger charge is -2.38. The van der Waals surface area contributed by atoms with Crippen molar-refractivity contribution in [3.63, 3.8) is 0 Å². The average molecular weight is 449 g/mol. The molecule has 1 saturated carbocycles. The van der Waals surface area contributed by atoms with Crippen molar-refractivity contribution in [3.8, 4) is 17.2 Å². The quantitative estimate of drug-likeness (QED) is 0.620. The van der Waals surface area contributed by atoms with Crippen LogP contribution >= 0.6 is 0 Å². The third-order valence-electron chi connectivity index (χ3n) is 6.53. The minimum atomic E-state index is -0.495. The molecule has 3 aromatic rings. The Labute approximate surface area is 192 Å². The van der Waals surface area contributed by atoms with Gasteiger partial charge >= 0.3 is 0 Å². The second-order valence-electron chi connectivity index (χ2n) is 8.60. The smallest absolute Gasteiger partial charge is 0.254 e. The van der Waals surface area contributed by atoms with Gasteiger partial charge in [0.2, 0.25) is 5.91 Å². The Bertz CT molecular complexity index is 1280. The van der Waals surface area contributed by atoms with Crippen molar-refractivity contribution in [1.29, 1.82) is 0 Å². The van der Waals surface area contributed by atoms with Crippen LogP contribution in [0.3, 0.4) is 0 Å². The summed E-state index contributed by atoms with van der Waals surface area (Å²) in [4.78, 5) is 31.5. The van der Waals surface area contributed by atoms with Crippen LogP contribution in [0, 0.1) is 5.92 Å². The van der Waals surface area contributed by atoms with Crippen LogP contribution in [-0.2, 0) is 11.2 Å². The molecule has 1 aliphatic heterocycles. The fourth-order valence-corrected chi connectivity index (χ4v) is 4.74. The van der Waals surface area contributed by atoms with Gasteiger partial charge in [0.05, 0.1) is 26.9 Å². The number of ether oxygens (including phenoxy) is 3. The number of H-pyrrole nitrogens is 1. The molecule has 0 unspecified atom stereocenters. The molecule has 2 heterocycles. The second kappa shape index (κ2) is 8.46. The van der Waals surface area contributed by atoms with Crippen molar-refractivity contribution in [3.05, 3.63) is 63.4 Å². The first-order valence-corrected chi connectivity index (χ1v) is 11.4. The summed E-state index contributed by atoms with van der Waals surface area (Å²) in [5.74, 6) is 2.13. The van der Waals surface area contributed by atoms with Gasteiger partial charge in [-0.25, -0.2) is 0 Å². The standard InChI is InChI=1S/C26H28N2O5/c1-4-33-18-7-8-21-17(11-18)12-20(25(29)27-21)24-19-14-23(32-3)22(31-2)13-16(19)9-10-28(24)26(30)15-5-6-15/h7-8,11-15,24H,4-6,9-10H2,1-3H3,(H,27,29)/t24-/m1/s1. The SMILES string of the molecule is CCOc1ccc2[nH]c(=O)c([C@H]3c4cc(OC)c(OC)cc4CCN3C(=O)C3CC3)cc2c1. The zero-order valence-electron chi connectivity index (χ0n) is 19.1. The number of aromatic nitrogens is 1. The Kier molecular flexibility index (Phi) is 5.48. The number of rotatable bonds is 6. The van der Waals surface area contributed by atoms with Crippen molar-refractivity contribution in [1.82, 2.24) is 9.88 Å². The Morgan fingerprint density at radius 3 is 2.52 bits per heavy atom. The molecule has 2 aliphatic rings. The summed E-state index contributed by atoms with van der Waals surface area (Å²) in [5.41, 5.74) is 3.03. The van der Waals surface area contributed by atoms with Gasteiger partial charge in [-0.05, 0) is 73.7 Å². The van der Waals surface area contributed by atoms with Gasteiger partial charge in [0.25, 0.3) is 5.56 Å². The molecule has 1 aromatic heterocycles. The molecule has 2 aromatic carbocycles. The minimum Gasteiger partial charge on any atom is -0.494 e. The number of methoxy groups -OCH3 is 2. The van der Waals surface area contributed by atoms with E-state index in [0.717, 1.165) is 40.6 Å². The fourth-order valence-electron chi connectivity index (χ4n) is 4.74. The second-order valence-corrected chi connectivity index (χ2v) is 8.60. The highest BCUT2D eigenvalue weighted by Gasteiger charge is 2.40. The fraction of sp³-hybridized carbons (Fsp3) is 0.385. The molecule has 1 atom stereocenters. The third-order valence-corrected chi connectivity index (χ3v) is 6.53. The molecule has 0 spiro atoms. The van der Waals surface area contributed by atoms with Gasteiger partial charge in [0, 0.05) is 28.9 Å². The highest BCUT2D eigenvalue weighted by atomic mass is 16.5. The maximum absolute atomic E-state index is 13.3. The van der Waals surface area contributed by atoms with Crippen molar-refractivity contribution in [2.24, 2.45) is 5.92 Å². The first-order valence-electron chi connectivity index (χ1n) is 11.4. The number of carbonyl (C=O) groups is 1.